The summed E-state index contributed by atoms with van der Waals surface area (Å²) in [6.07, 6.45) is 0. The Kier molecular flexibility index (Phi) is 6.66. The summed E-state index contributed by atoms with van der Waals surface area (Å²) < 4.78 is 41.5. The summed E-state index contributed by atoms with van der Waals surface area (Å²) in [6, 6.07) is 12.4. The van der Waals surface area contributed by atoms with Gasteiger partial charge < -0.3 is 10.2 Å². The van der Waals surface area contributed by atoms with Crippen LogP contribution >= 0.6 is 11.3 Å². The standard InChI is InChI=1S/C22H23FN4O3S2/c1-2-26-10-12-27(13-11-26)32(29,30)17-7-5-6-16(14-17)24-21(28)20-15-31-22(25-20)18-8-3-4-9-19(18)23/h3-9,14-15H,2,10-13H2,1H3,(H,24,28). The Bertz CT molecular complexity index is 1220. The van der Waals surface area contributed by atoms with Gasteiger partial charge in [-0.25, -0.2) is 17.8 Å². The Morgan fingerprint density at radius 3 is 2.59 bits per heavy atom. The molecule has 10 heteroatoms. The van der Waals surface area contributed by atoms with Gasteiger partial charge in [0.2, 0.25) is 10.0 Å². The third-order valence-electron chi connectivity index (χ3n) is 5.35. The smallest absolute Gasteiger partial charge is 0.275 e. The molecule has 1 amide bonds. The van der Waals surface area contributed by atoms with Crippen molar-refractivity contribution in [1.29, 1.82) is 0 Å². The SMILES string of the molecule is CCN1CCN(S(=O)(=O)c2cccc(NC(=O)c3csc(-c4ccccc4F)n3)c2)CC1. The number of likely N-dealkylation sites (N-methyl/N-ethyl adjacent to an activating group) is 1. The number of aromatic nitrogens is 1. The minimum absolute atomic E-state index is 0.130. The van der Waals surface area contributed by atoms with Gasteiger partial charge in [-0.1, -0.05) is 25.1 Å². The fourth-order valence-corrected chi connectivity index (χ4v) is 5.80. The molecule has 1 saturated heterocycles. The van der Waals surface area contributed by atoms with Crippen molar-refractivity contribution in [2.24, 2.45) is 0 Å². The van der Waals surface area contributed by atoms with Crippen LogP contribution in [0.4, 0.5) is 10.1 Å². The predicted octanol–water partition coefficient (Wildman–Crippen LogP) is 3.53. The molecule has 32 heavy (non-hydrogen) atoms. The summed E-state index contributed by atoms with van der Waals surface area (Å²) in [7, 11) is -3.65. The minimum atomic E-state index is -3.65. The molecule has 1 fully saturated rings. The van der Waals surface area contributed by atoms with Gasteiger partial charge >= 0.3 is 0 Å². The molecule has 0 spiro atoms. The maximum absolute atomic E-state index is 14.0. The molecular formula is C22H23FN4O3S2. The molecule has 0 saturated carbocycles. The molecule has 0 bridgehead atoms. The predicted molar refractivity (Wildman–Crippen MR) is 123 cm³/mol. The maximum Gasteiger partial charge on any atom is 0.275 e. The highest BCUT2D eigenvalue weighted by molar-refractivity contribution is 7.89. The van der Waals surface area contributed by atoms with Crippen molar-refractivity contribution in [3.8, 4) is 10.6 Å². The number of anilines is 1. The molecule has 0 aliphatic carbocycles. The van der Waals surface area contributed by atoms with Crippen LogP contribution in [0.3, 0.4) is 0 Å². The summed E-state index contributed by atoms with van der Waals surface area (Å²) in [5, 5.41) is 4.63. The molecule has 0 unspecified atom stereocenters. The lowest BCUT2D eigenvalue weighted by atomic mass is 10.2. The number of sulfonamides is 1. The fraction of sp³-hybridized carbons (Fsp3) is 0.273. The number of carbonyl (C=O) groups is 1. The fourth-order valence-electron chi connectivity index (χ4n) is 3.50. The molecule has 0 radical (unpaired) electrons. The quantitative estimate of drug-likeness (QED) is 0.591. The molecule has 1 aliphatic heterocycles. The average Bonchev–Trinajstić information content (AvgIpc) is 3.30. The zero-order chi connectivity index (χ0) is 22.7. The van der Waals surface area contributed by atoms with E-state index >= 15 is 0 Å². The number of nitrogens with one attached hydrogen (secondary N) is 1. The first-order chi connectivity index (χ1) is 15.4. The van der Waals surface area contributed by atoms with E-state index in [2.05, 4.69) is 22.1 Å². The molecule has 2 heterocycles. The molecule has 7 nitrogen and oxygen atoms in total. The van der Waals surface area contributed by atoms with Crippen molar-refractivity contribution in [3.63, 3.8) is 0 Å². The van der Waals surface area contributed by atoms with E-state index in [1.54, 1.807) is 35.7 Å². The normalized spacial score (nSPS) is 15.6. The molecular weight excluding hydrogens is 451 g/mol. The number of hydrogen-bond donors (Lipinski definition) is 1. The van der Waals surface area contributed by atoms with E-state index in [1.165, 1.54) is 33.8 Å². The highest BCUT2D eigenvalue weighted by atomic mass is 32.2. The first kappa shape index (κ1) is 22.5. The lowest BCUT2D eigenvalue weighted by Gasteiger charge is -2.33. The van der Waals surface area contributed by atoms with Gasteiger partial charge in [-0.2, -0.15) is 4.31 Å². The van der Waals surface area contributed by atoms with E-state index in [4.69, 9.17) is 0 Å². The summed E-state index contributed by atoms with van der Waals surface area (Å²) >= 11 is 1.17. The first-order valence-corrected chi connectivity index (χ1v) is 12.5. The topological polar surface area (TPSA) is 82.6 Å². The zero-order valence-corrected chi connectivity index (χ0v) is 19.1. The van der Waals surface area contributed by atoms with E-state index in [0.717, 1.165) is 6.54 Å². The Labute approximate surface area is 190 Å². The van der Waals surface area contributed by atoms with Crippen LogP contribution in [0, 0.1) is 5.82 Å². The Morgan fingerprint density at radius 1 is 1.12 bits per heavy atom. The highest BCUT2D eigenvalue weighted by Crippen LogP contribution is 2.27. The van der Waals surface area contributed by atoms with Crippen molar-refractivity contribution in [2.75, 3.05) is 38.0 Å². The highest BCUT2D eigenvalue weighted by Gasteiger charge is 2.28. The molecule has 4 rings (SSSR count). The second-order valence-electron chi connectivity index (χ2n) is 7.34. The van der Waals surface area contributed by atoms with Crippen LogP contribution in [0.1, 0.15) is 17.4 Å². The number of piperazine rings is 1. The lowest BCUT2D eigenvalue weighted by molar-refractivity contribution is 0.102. The first-order valence-electron chi connectivity index (χ1n) is 10.2. The van der Waals surface area contributed by atoms with Gasteiger partial charge in [0.05, 0.1) is 4.90 Å². The van der Waals surface area contributed by atoms with Gasteiger partial charge in [0.1, 0.15) is 16.5 Å². The van der Waals surface area contributed by atoms with Crippen LogP contribution in [-0.2, 0) is 10.0 Å². The summed E-state index contributed by atoms with van der Waals surface area (Å²) in [5.74, 6) is -0.901. The Balaban J connectivity index is 1.49. The summed E-state index contributed by atoms with van der Waals surface area (Å²) in [6.45, 7) is 5.21. The number of amides is 1. The van der Waals surface area contributed by atoms with Crippen LogP contribution in [0.15, 0.2) is 58.8 Å². The van der Waals surface area contributed by atoms with E-state index in [9.17, 15) is 17.6 Å². The molecule has 3 aromatic rings. The van der Waals surface area contributed by atoms with Gasteiger partial charge in [-0.05, 0) is 36.9 Å². The van der Waals surface area contributed by atoms with Gasteiger partial charge in [0, 0.05) is 42.8 Å². The molecule has 168 valence electrons. The average molecular weight is 475 g/mol. The van der Waals surface area contributed by atoms with Crippen LogP contribution in [0.5, 0.6) is 0 Å². The van der Waals surface area contributed by atoms with Crippen molar-refractivity contribution >= 4 is 33.0 Å². The van der Waals surface area contributed by atoms with Crippen LogP contribution in [0.2, 0.25) is 0 Å². The number of thiazole rings is 1. The largest absolute Gasteiger partial charge is 0.321 e. The minimum Gasteiger partial charge on any atom is -0.321 e. The van der Waals surface area contributed by atoms with Crippen molar-refractivity contribution in [2.45, 2.75) is 11.8 Å². The van der Waals surface area contributed by atoms with E-state index < -0.39 is 21.7 Å². The number of hydrogen-bond acceptors (Lipinski definition) is 6. The Hall–Kier alpha value is -2.66. The van der Waals surface area contributed by atoms with Crippen LogP contribution < -0.4 is 5.32 Å². The number of carbonyl (C=O) groups excluding carboxylic acids is 1. The van der Waals surface area contributed by atoms with Crippen molar-refractivity contribution in [1.82, 2.24) is 14.2 Å². The molecule has 1 aromatic heterocycles. The van der Waals surface area contributed by atoms with Gasteiger partial charge in [-0.3, -0.25) is 4.79 Å². The zero-order valence-electron chi connectivity index (χ0n) is 17.5. The van der Waals surface area contributed by atoms with Crippen molar-refractivity contribution < 1.29 is 17.6 Å². The number of benzene rings is 2. The van der Waals surface area contributed by atoms with Crippen molar-refractivity contribution in [3.05, 3.63) is 65.4 Å². The van der Waals surface area contributed by atoms with E-state index in [1.807, 2.05) is 0 Å². The summed E-state index contributed by atoms with van der Waals surface area (Å²) in [4.78, 5) is 19.2. The molecule has 2 aromatic carbocycles. The van der Waals surface area contributed by atoms with Gasteiger partial charge in [-0.15, -0.1) is 11.3 Å². The third-order valence-corrected chi connectivity index (χ3v) is 8.12. The van der Waals surface area contributed by atoms with Gasteiger partial charge in [0.25, 0.3) is 5.91 Å². The van der Waals surface area contributed by atoms with Crippen LogP contribution in [0.25, 0.3) is 10.6 Å². The van der Waals surface area contributed by atoms with E-state index in [-0.39, 0.29) is 10.6 Å². The van der Waals surface area contributed by atoms with Crippen LogP contribution in [-0.4, -0.2) is 61.2 Å². The second-order valence-corrected chi connectivity index (χ2v) is 10.1. The summed E-state index contributed by atoms with van der Waals surface area (Å²) in [5.41, 5.74) is 0.814. The maximum atomic E-state index is 14.0. The number of nitrogens with zero attached hydrogens (tertiary/aromatic N) is 3. The number of rotatable bonds is 6. The third kappa shape index (κ3) is 4.73. The Morgan fingerprint density at radius 2 is 1.88 bits per heavy atom. The van der Waals surface area contributed by atoms with E-state index in [0.29, 0.717) is 42.4 Å². The number of halogens is 1. The second kappa shape index (κ2) is 9.45. The van der Waals surface area contributed by atoms with Gasteiger partial charge in [0.15, 0.2) is 0 Å². The molecule has 1 N–H and O–H groups in total. The monoisotopic (exact) mass is 474 g/mol. The molecule has 1 aliphatic rings. The molecule has 0 atom stereocenters. The lowest BCUT2D eigenvalue weighted by Crippen LogP contribution is -2.48.